The van der Waals surface area contributed by atoms with Crippen LogP contribution in [0.3, 0.4) is 0 Å². The Balaban J connectivity index is 2.09. The van der Waals surface area contributed by atoms with E-state index in [0.717, 1.165) is 43.9 Å². The first-order valence-corrected chi connectivity index (χ1v) is 8.98. The number of hydrogen-bond donors (Lipinski definition) is 0. The second kappa shape index (κ2) is 5.99. The first-order chi connectivity index (χ1) is 9.56. The molecule has 0 aliphatic carbocycles. The quantitative estimate of drug-likeness (QED) is 0.459. The van der Waals surface area contributed by atoms with E-state index in [1.165, 1.54) is 5.56 Å². The van der Waals surface area contributed by atoms with Crippen molar-refractivity contribution in [3.63, 3.8) is 0 Å². The fourth-order valence-corrected chi connectivity index (χ4v) is 4.54. The van der Waals surface area contributed by atoms with Crippen molar-refractivity contribution in [1.29, 1.82) is 0 Å². The highest BCUT2D eigenvalue weighted by Crippen LogP contribution is 2.44. The lowest BCUT2D eigenvalue weighted by Crippen LogP contribution is -1.98. The molecule has 0 spiro atoms. The summed E-state index contributed by atoms with van der Waals surface area (Å²) in [5.41, 5.74) is 3.38. The molecule has 2 aromatic carbocycles. The molecule has 3 rings (SSSR count). The Hall–Kier alpha value is -0.0300. The van der Waals surface area contributed by atoms with Gasteiger partial charge in [0.25, 0.3) is 0 Å². The van der Waals surface area contributed by atoms with Crippen LogP contribution in [0.15, 0.2) is 39.3 Å². The zero-order chi connectivity index (χ0) is 14.3. The van der Waals surface area contributed by atoms with Crippen molar-refractivity contribution < 1.29 is 4.74 Å². The summed E-state index contributed by atoms with van der Waals surface area (Å²) in [5, 5.41) is 0.730. The van der Waals surface area contributed by atoms with E-state index in [1.807, 2.05) is 18.2 Å². The number of rotatable bonds is 2. The van der Waals surface area contributed by atoms with Crippen molar-refractivity contribution in [3.8, 4) is 5.75 Å². The molecule has 1 aliphatic rings. The van der Waals surface area contributed by atoms with Gasteiger partial charge in [-0.05, 0) is 35.4 Å². The largest absolute Gasteiger partial charge is 0.493 e. The van der Waals surface area contributed by atoms with Crippen molar-refractivity contribution >= 4 is 59.4 Å². The smallest absolute Gasteiger partial charge is 0.127 e. The molecule has 5 heteroatoms. The minimum Gasteiger partial charge on any atom is -0.493 e. The van der Waals surface area contributed by atoms with Crippen LogP contribution in [-0.2, 0) is 6.42 Å². The molecule has 104 valence electrons. The van der Waals surface area contributed by atoms with Gasteiger partial charge in [0.2, 0.25) is 0 Å². The van der Waals surface area contributed by atoms with Crippen LogP contribution in [0.5, 0.6) is 5.75 Å². The van der Waals surface area contributed by atoms with Gasteiger partial charge in [0, 0.05) is 26.0 Å². The lowest BCUT2D eigenvalue weighted by molar-refractivity contribution is 0.354. The molecule has 0 aromatic heterocycles. The molecule has 0 fully saturated rings. The third kappa shape index (κ3) is 2.80. The Morgan fingerprint density at radius 3 is 2.60 bits per heavy atom. The van der Waals surface area contributed by atoms with Gasteiger partial charge in [-0.25, -0.2) is 0 Å². The van der Waals surface area contributed by atoms with Crippen LogP contribution < -0.4 is 4.74 Å². The monoisotopic (exact) mass is 478 g/mol. The van der Waals surface area contributed by atoms with E-state index in [0.29, 0.717) is 0 Å². The predicted octanol–water partition coefficient (Wildman–Crippen LogP) is 6.28. The molecule has 1 unspecified atom stereocenters. The lowest BCUT2D eigenvalue weighted by Gasteiger charge is -2.16. The number of halogens is 4. The van der Waals surface area contributed by atoms with Gasteiger partial charge in [0.1, 0.15) is 5.75 Å². The SMILES string of the molecule is Clc1cc(Br)ccc1C(Br)c1cc(Br)cc2c1OCC2. The Kier molecular flexibility index (Phi) is 4.46. The molecule has 1 nitrogen and oxygen atoms in total. The second-order valence-electron chi connectivity index (χ2n) is 4.61. The van der Waals surface area contributed by atoms with Gasteiger partial charge >= 0.3 is 0 Å². The molecule has 1 aliphatic heterocycles. The topological polar surface area (TPSA) is 9.23 Å². The first-order valence-electron chi connectivity index (χ1n) is 6.10. The molecule has 0 bridgehead atoms. The maximum atomic E-state index is 6.35. The van der Waals surface area contributed by atoms with Gasteiger partial charge in [-0.1, -0.05) is 65.5 Å². The van der Waals surface area contributed by atoms with Crippen molar-refractivity contribution in [2.24, 2.45) is 0 Å². The maximum Gasteiger partial charge on any atom is 0.127 e. The summed E-state index contributed by atoms with van der Waals surface area (Å²) in [6.45, 7) is 0.743. The molecule has 20 heavy (non-hydrogen) atoms. The Morgan fingerprint density at radius 2 is 1.85 bits per heavy atom. The highest BCUT2D eigenvalue weighted by Gasteiger charge is 2.24. The minimum atomic E-state index is 0.00690. The Bertz CT molecular complexity index is 672. The predicted molar refractivity (Wildman–Crippen MR) is 93.3 cm³/mol. The molecule has 1 heterocycles. The zero-order valence-electron chi connectivity index (χ0n) is 10.3. The lowest BCUT2D eigenvalue weighted by atomic mass is 10.0. The van der Waals surface area contributed by atoms with Crippen LogP contribution in [-0.4, -0.2) is 6.61 Å². The van der Waals surface area contributed by atoms with Gasteiger partial charge in [0.15, 0.2) is 0 Å². The number of alkyl halides is 1. The molecule has 0 N–H and O–H groups in total. The van der Waals surface area contributed by atoms with Gasteiger partial charge in [-0.2, -0.15) is 0 Å². The summed E-state index contributed by atoms with van der Waals surface area (Å²) in [7, 11) is 0. The highest BCUT2D eigenvalue weighted by molar-refractivity contribution is 9.10. The average Bonchev–Trinajstić information content (AvgIpc) is 2.85. The molecule has 0 saturated carbocycles. The summed E-state index contributed by atoms with van der Waals surface area (Å²) < 4.78 is 7.83. The van der Waals surface area contributed by atoms with E-state index in [2.05, 4.69) is 59.9 Å². The van der Waals surface area contributed by atoms with E-state index < -0.39 is 0 Å². The second-order valence-corrected chi connectivity index (χ2v) is 7.76. The summed E-state index contributed by atoms with van der Waals surface area (Å²) in [6, 6.07) is 10.1. The molecular weight excluding hydrogens is 471 g/mol. The van der Waals surface area contributed by atoms with Crippen LogP contribution in [0.2, 0.25) is 5.02 Å². The van der Waals surface area contributed by atoms with Crippen LogP contribution in [0.25, 0.3) is 0 Å². The molecule has 0 amide bonds. The fourth-order valence-electron chi connectivity index (χ4n) is 2.36. The van der Waals surface area contributed by atoms with Crippen molar-refractivity contribution in [1.82, 2.24) is 0 Å². The van der Waals surface area contributed by atoms with Crippen molar-refractivity contribution in [2.45, 2.75) is 11.2 Å². The van der Waals surface area contributed by atoms with Crippen LogP contribution in [0.4, 0.5) is 0 Å². The summed E-state index contributed by atoms with van der Waals surface area (Å²) in [4.78, 5) is 0.00690. The van der Waals surface area contributed by atoms with E-state index in [1.54, 1.807) is 0 Å². The van der Waals surface area contributed by atoms with Crippen molar-refractivity contribution in [3.05, 3.63) is 61.0 Å². The summed E-state index contributed by atoms with van der Waals surface area (Å²) in [5.74, 6) is 0.981. The number of hydrogen-bond acceptors (Lipinski definition) is 1. The molecule has 0 saturated heterocycles. The third-order valence-electron chi connectivity index (χ3n) is 3.29. The number of fused-ring (bicyclic) bond motifs is 1. The Labute approximate surface area is 148 Å². The van der Waals surface area contributed by atoms with E-state index in [4.69, 9.17) is 16.3 Å². The van der Waals surface area contributed by atoms with Gasteiger partial charge in [0.05, 0.1) is 11.4 Å². The number of ether oxygens (including phenoxy) is 1. The molecular formula is C15H10Br3ClO. The molecule has 0 radical (unpaired) electrons. The highest BCUT2D eigenvalue weighted by atomic mass is 79.9. The first kappa shape index (κ1) is 14.9. The van der Waals surface area contributed by atoms with Crippen LogP contribution in [0, 0.1) is 0 Å². The van der Waals surface area contributed by atoms with Crippen LogP contribution in [0.1, 0.15) is 21.5 Å². The van der Waals surface area contributed by atoms with Gasteiger partial charge < -0.3 is 4.74 Å². The minimum absolute atomic E-state index is 0.00690. The number of benzene rings is 2. The normalized spacial score (nSPS) is 14.8. The van der Waals surface area contributed by atoms with E-state index >= 15 is 0 Å². The molecule has 2 aromatic rings. The van der Waals surface area contributed by atoms with Crippen molar-refractivity contribution in [2.75, 3.05) is 6.61 Å². The van der Waals surface area contributed by atoms with Crippen LogP contribution >= 0.6 is 59.4 Å². The maximum absolute atomic E-state index is 6.35. The summed E-state index contributed by atoms with van der Waals surface area (Å²) in [6.07, 6.45) is 0.954. The van der Waals surface area contributed by atoms with E-state index in [-0.39, 0.29) is 4.83 Å². The fraction of sp³-hybridized carbons (Fsp3) is 0.200. The average molecular weight is 481 g/mol. The standard InChI is InChI=1S/C15H10Br3ClO/c16-9-1-2-11(13(19)7-9)14(18)12-6-10(17)5-8-3-4-20-15(8)12/h1-2,5-7,14H,3-4H2. The Morgan fingerprint density at radius 1 is 1.05 bits per heavy atom. The van der Waals surface area contributed by atoms with Gasteiger partial charge in [-0.3, -0.25) is 0 Å². The molecule has 1 atom stereocenters. The summed E-state index contributed by atoms with van der Waals surface area (Å²) >= 11 is 17.1. The zero-order valence-corrected chi connectivity index (χ0v) is 15.8. The van der Waals surface area contributed by atoms with Gasteiger partial charge in [-0.15, -0.1) is 0 Å². The third-order valence-corrected chi connectivity index (χ3v) is 5.55. The van der Waals surface area contributed by atoms with E-state index in [9.17, 15) is 0 Å².